The van der Waals surface area contributed by atoms with Gasteiger partial charge in [0.2, 0.25) is 5.16 Å². The number of nitrogens with zero attached hydrogens (tertiary/aromatic N) is 3. The maximum absolute atomic E-state index is 12.6. The maximum Gasteiger partial charge on any atom is 0.453 e. The van der Waals surface area contributed by atoms with Gasteiger partial charge < -0.3 is 5.84 Å². The molecule has 1 aromatic heterocycles. The Bertz CT molecular complexity index is 814. The van der Waals surface area contributed by atoms with Crippen molar-refractivity contribution in [1.29, 1.82) is 0 Å². The third kappa shape index (κ3) is 3.53. The van der Waals surface area contributed by atoms with Crippen LogP contribution in [0, 0.1) is 0 Å². The van der Waals surface area contributed by atoms with Gasteiger partial charge in [0.1, 0.15) is 0 Å². The molecule has 0 atom stereocenters. The van der Waals surface area contributed by atoms with Crippen LogP contribution in [-0.4, -0.2) is 14.9 Å². The molecule has 0 aliphatic carbocycles. The van der Waals surface area contributed by atoms with Crippen LogP contribution >= 0.6 is 11.8 Å². The summed E-state index contributed by atoms with van der Waals surface area (Å²) in [5, 5.41) is 6.61. The van der Waals surface area contributed by atoms with Gasteiger partial charge in [-0.1, -0.05) is 66.4 Å². The fourth-order valence-electron chi connectivity index (χ4n) is 2.14. The summed E-state index contributed by atoms with van der Waals surface area (Å²) >= 11 is 1.10. The molecule has 8 heteroatoms. The largest absolute Gasteiger partial charge is 0.453 e. The molecule has 2 N–H and O–H groups in total. The number of hydrogen-bond acceptors (Lipinski definition) is 4. The molecule has 0 bridgehead atoms. The van der Waals surface area contributed by atoms with Crippen LogP contribution in [0.1, 0.15) is 11.4 Å². The lowest BCUT2D eigenvalue weighted by Crippen LogP contribution is -2.21. The Morgan fingerprint density at radius 3 is 2.12 bits per heavy atom. The predicted molar refractivity (Wildman–Crippen MR) is 86.6 cm³/mol. The van der Waals surface area contributed by atoms with E-state index in [0.717, 1.165) is 28.5 Å². The molecule has 2 aromatic carbocycles. The van der Waals surface area contributed by atoms with Crippen molar-refractivity contribution in [3.05, 3.63) is 66.0 Å². The Kier molecular flexibility index (Phi) is 4.48. The molecule has 0 saturated carbocycles. The first-order valence-corrected chi connectivity index (χ1v) is 7.98. The van der Waals surface area contributed by atoms with Crippen LogP contribution in [0.5, 0.6) is 0 Å². The highest BCUT2D eigenvalue weighted by Gasteiger charge is 2.38. The van der Waals surface area contributed by atoms with E-state index in [-0.39, 0.29) is 5.16 Å². The highest BCUT2D eigenvalue weighted by atomic mass is 32.2. The van der Waals surface area contributed by atoms with Gasteiger partial charge in [0.05, 0.1) is 0 Å². The number of aromatic nitrogens is 3. The fraction of sp³-hybridized carbons (Fsp3) is 0.125. The van der Waals surface area contributed by atoms with E-state index in [2.05, 4.69) is 10.2 Å². The van der Waals surface area contributed by atoms with Gasteiger partial charge in [0.25, 0.3) is 5.82 Å². The number of rotatable bonds is 4. The van der Waals surface area contributed by atoms with Crippen LogP contribution < -0.4 is 5.84 Å². The van der Waals surface area contributed by atoms with E-state index in [1.807, 2.05) is 54.6 Å². The van der Waals surface area contributed by atoms with Crippen LogP contribution in [0.2, 0.25) is 0 Å². The van der Waals surface area contributed by atoms with Crippen LogP contribution in [0.15, 0.2) is 59.8 Å². The molecule has 3 rings (SSSR count). The van der Waals surface area contributed by atoms with E-state index < -0.39 is 12.0 Å². The van der Waals surface area contributed by atoms with Crippen molar-refractivity contribution in [2.45, 2.75) is 17.1 Å². The second-order valence-electron chi connectivity index (χ2n) is 5.03. The number of nitrogens with two attached hydrogens (primary N) is 1. The number of nitrogen functional groups attached to an aromatic ring is 1. The van der Waals surface area contributed by atoms with Crippen molar-refractivity contribution < 1.29 is 13.2 Å². The van der Waals surface area contributed by atoms with Gasteiger partial charge in [-0.25, -0.2) is 4.68 Å². The molecule has 1 heterocycles. The minimum atomic E-state index is -4.61. The molecule has 124 valence electrons. The molecule has 3 aromatic rings. The van der Waals surface area contributed by atoms with E-state index in [9.17, 15) is 13.2 Å². The summed E-state index contributed by atoms with van der Waals surface area (Å²) in [6.45, 7) is 0. The van der Waals surface area contributed by atoms with Crippen molar-refractivity contribution in [2.24, 2.45) is 0 Å². The Morgan fingerprint density at radius 2 is 1.54 bits per heavy atom. The van der Waals surface area contributed by atoms with Gasteiger partial charge in [0, 0.05) is 5.75 Å². The third-order valence-electron chi connectivity index (χ3n) is 3.35. The summed E-state index contributed by atoms with van der Waals surface area (Å²) in [6, 6.07) is 17.7. The smallest absolute Gasteiger partial charge is 0.335 e. The summed E-state index contributed by atoms with van der Waals surface area (Å²) in [5.41, 5.74) is 3.13. The molecular weight excluding hydrogens is 337 g/mol. The molecule has 0 aliphatic rings. The molecule has 0 spiro atoms. The predicted octanol–water partition coefficient (Wildman–Crippen LogP) is 3.97. The molecule has 0 radical (unpaired) electrons. The van der Waals surface area contributed by atoms with Crippen LogP contribution in [0.4, 0.5) is 13.2 Å². The van der Waals surface area contributed by atoms with Gasteiger partial charge in [0.15, 0.2) is 0 Å². The Hall–Kier alpha value is -2.48. The summed E-state index contributed by atoms with van der Waals surface area (Å²) < 4.78 is 38.3. The summed E-state index contributed by atoms with van der Waals surface area (Å²) in [4.78, 5) is 0. The lowest BCUT2D eigenvalue weighted by Gasteiger charge is -2.06. The zero-order valence-electron chi connectivity index (χ0n) is 12.4. The van der Waals surface area contributed by atoms with Crippen LogP contribution in [0.3, 0.4) is 0 Å². The second-order valence-corrected chi connectivity index (χ2v) is 5.97. The quantitative estimate of drug-likeness (QED) is 0.571. The zero-order chi connectivity index (χ0) is 17.2. The van der Waals surface area contributed by atoms with E-state index in [0.29, 0.717) is 10.4 Å². The van der Waals surface area contributed by atoms with Crippen molar-refractivity contribution in [1.82, 2.24) is 14.9 Å². The number of benzene rings is 2. The Labute approximate surface area is 140 Å². The van der Waals surface area contributed by atoms with Gasteiger partial charge in [-0.05, 0) is 16.7 Å². The normalized spacial score (nSPS) is 11.6. The van der Waals surface area contributed by atoms with Crippen molar-refractivity contribution >= 4 is 11.8 Å². The first-order chi connectivity index (χ1) is 11.4. The summed E-state index contributed by atoms with van der Waals surface area (Å²) in [7, 11) is 0. The van der Waals surface area contributed by atoms with E-state index >= 15 is 0 Å². The average Bonchev–Trinajstić information content (AvgIpc) is 2.95. The van der Waals surface area contributed by atoms with Crippen LogP contribution in [0.25, 0.3) is 11.1 Å². The number of hydrogen-bond donors (Lipinski definition) is 1. The van der Waals surface area contributed by atoms with Gasteiger partial charge in [-0.3, -0.25) is 0 Å². The van der Waals surface area contributed by atoms with Gasteiger partial charge >= 0.3 is 6.18 Å². The van der Waals surface area contributed by atoms with Crippen molar-refractivity contribution in [2.75, 3.05) is 5.84 Å². The minimum absolute atomic E-state index is 0.0226. The number of alkyl halides is 3. The first kappa shape index (κ1) is 16.4. The van der Waals surface area contributed by atoms with Crippen molar-refractivity contribution in [3.63, 3.8) is 0 Å². The summed E-state index contributed by atoms with van der Waals surface area (Å²) in [6.07, 6.45) is -4.61. The fourth-order valence-corrected chi connectivity index (χ4v) is 2.95. The van der Waals surface area contributed by atoms with E-state index in [1.165, 1.54) is 0 Å². The molecular formula is C16H13F3N4S. The molecule has 4 nitrogen and oxygen atoms in total. The van der Waals surface area contributed by atoms with Gasteiger partial charge in [-0.2, -0.15) is 13.2 Å². The molecule has 0 saturated heterocycles. The highest BCUT2D eigenvalue weighted by Crippen LogP contribution is 2.30. The zero-order valence-corrected chi connectivity index (χ0v) is 13.2. The average molecular weight is 350 g/mol. The Morgan fingerprint density at radius 1 is 0.917 bits per heavy atom. The minimum Gasteiger partial charge on any atom is -0.335 e. The highest BCUT2D eigenvalue weighted by molar-refractivity contribution is 7.98. The van der Waals surface area contributed by atoms with Gasteiger partial charge in [-0.15, -0.1) is 10.2 Å². The van der Waals surface area contributed by atoms with Crippen molar-refractivity contribution in [3.8, 4) is 11.1 Å². The standard InChI is InChI=1S/C16H13F3N4S/c17-16(18,19)14-21-22-15(23(14)20)24-10-11-6-8-13(9-7-11)12-4-2-1-3-5-12/h1-9H,10,20H2. The van der Waals surface area contributed by atoms with E-state index in [1.54, 1.807) is 0 Å². The lowest BCUT2D eigenvalue weighted by molar-refractivity contribution is -0.146. The molecule has 24 heavy (non-hydrogen) atoms. The molecule has 0 aliphatic heterocycles. The topological polar surface area (TPSA) is 56.7 Å². The molecule has 0 unspecified atom stereocenters. The lowest BCUT2D eigenvalue weighted by atomic mass is 10.0. The Balaban J connectivity index is 1.69. The number of thioether (sulfide) groups is 1. The third-order valence-corrected chi connectivity index (χ3v) is 4.36. The second kappa shape index (κ2) is 6.56. The SMILES string of the molecule is Nn1c(SCc2ccc(-c3ccccc3)cc2)nnc1C(F)(F)F. The first-order valence-electron chi connectivity index (χ1n) is 7.00. The monoisotopic (exact) mass is 350 g/mol. The molecule has 0 amide bonds. The summed E-state index contributed by atoms with van der Waals surface area (Å²) in [5.74, 6) is 4.65. The molecule has 0 fully saturated rings. The number of halogens is 3. The maximum atomic E-state index is 12.6. The van der Waals surface area contributed by atoms with E-state index in [4.69, 9.17) is 5.84 Å². The van der Waals surface area contributed by atoms with Crippen LogP contribution in [-0.2, 0) is 11.9 Å².